The maximum atomic E-state index is 2.37. The Morgan fingerprint density at radius 2 is 2.22 bits per heavy atom. The molecule has 0 bridgehead atoms. The van der Waals surface area contributed by atoms with E-state index in [1.165, 1.54) is 19.3 Å². The quantitative estimate of drug-likeness (QED) is 0.446. The van der Waals surface area contributed by atoms with Gasteiger partial charge in [-0.05, 0) is 32.1 Å². The van der Waals surface area contributed by atoms with Crippen LogP contribution in [0.5, 0.6) is 0 Å². The normalized spacial score (nSPS) is 26.4. The van der Waals surface area contributed by atoms with Crippen molar-refractivity contribution in [2.45, 2.75) is 33.1 Å². The van der Waals surface area contributed by atoms with Gasteiger partial charge in [0.05, 0.1) is 0 Å². The van der Waals surface area contributed by atoms with E-state index in [9.17, 15) is 0 Å². The van der Waals surface area contributed by atoms with Crippen molar-refractivity contribution < 1.29 is 5.48 Å². The van der Waals surface area contributed by atoms with Crippen molar-refractivity contribution in [3.8, 4) is 0 Å². The van der Waals surface area contributed by atoms with Crippen LogP contribution in [-0.4, -0.2) is 5.48 Å². The number of hydrogen-bond acceptors (Lipinski definition) is 0. The fraction of sp³-hybridized carbons (Fsp3) is 0.750. The lowest BCUT2D eigenvalue weighted by molar-refractivity contribution is 0.514. The molecule has 1 unspecified atom stereocenters. The van der Waals surface area contributed by atoms with Crippen LogP contribution in [0.15, 0.2) is 11.6 Å². The first-order valence-corrected chi connectivity index (χ1v) is 3.44. The van der Waals surface area contributed by atoms with E-state index >= 15 is 0 Å². The van der Waals surface area contributed by atoms with Crippen LogP contribution in [0.1, 0.15) is 33.1 Å². The molecular weight excluding hydrogens is 112 g/mol. The highest BCUT2D eigenvalue weighted by molar-refractivity contribution is 5.01. The molecule has 0 aromatic carbocycles. The lowest BCUT2D eigenvalue weighted by atomic mass is 9.92. The summed E-state index contributed by atoms with van der Waals surface area (Å²) in [6.07, 6.45) is 6.42. The van der Waals surface area contributed by atoms with Gasteiger partial charge in [0.15, 0.2) is 0 Å². The van der Waals surface area contributed by atoms with Crippen LogP contribution in [-0.2, 0) is 0 Å². The lowest BCUT2D eigenvalue weighted by Gasteiger charge is -2.14. The predicted octanol–water partition coefficient (Wildman–Crippen LogP) is 1.93. The molecule has 0 spiro atoms. The fourth-order valence-electron chi connectivity index (χ4n) is 1.10. The summed E-state index contributed by atoms with van der Waals surface area (Å²) in [4.78, 5) is 0. The fourth-order valence-corrected chi connectivity index (χ4v) is 1.10. The molecule has 0 aromatic heterocycles. The van der Waals surface area contributed by atoms with Crippen molar-refractivity contribution in [3.05, 3.63) is 11.6 Å². The summed E-state index contributed by atoms with van der Waals surface area (Å²) < 4.78 is 0. The van der Waals surface area contributed by atoms with Gasteiger partial charge in [0.2, 0.25) is 0 Å². The van der Waals surface area contributed by atoms with E-state index in [0.29, 0.717) is 0 Å². The van der Waals surface area contributed by atoms with Crippen LogP contribution < -0.4 is 0 Å². The summed E-state index contributed by atoms with van der Waals surface area (Å²) in [5, 5.41) is 0. The van der Waals surface area contributed by atoms with Crippen LogP contribution in [0.4, 0.5) is 0 Å². The van der Waals surface area contributed by atoms with Crippen LogP contribution in [0.3, 0.4) is 0 Å². The Balaban J connectivity index is 0.000000640. The molecule has 0 radical (unpaired) electrons. The molecule has 0 heterocycles. The molecule has 0 aliphatic heterocycles. The molecule has 0 aromatic rings. The minimum atomic E-state index is 0. The molecule has 1 rings (SSSR count). The average molecular weight is 128 g/mol. The molecule has 0 amide bonds. The highest BCUT2D eigenvalue weighted by Gasteiger charge is 2.05. The minimum absolute atomic E-state index is 0. The van der Waals surface area contributed by atoms with Crippen molar-refractivity contribution in [3.63, 3.8) is 0 Å². The molecule has 0 saturated carbocycles. The highest BCUT2D eigenvalue weighted by Crippen LogP contribution is 2.21. The van der Waals surface area contributed by atoms with Crippen molar-refractivity contribution in [2.24, 2.45) is 5.92 Å². The average Bonchev–Trinajstić information content (AvgIpc) is 1.77. The third-order valence-corrected chi connectivity index (χ3v) is 1.90. The van der Waals surface area contributed by atoms with Gasteiger partial charge in [-0.2, -0.15) is 0 Å². The summed E-state index contributed by atoms with van der Waals surface area (Å²) in [5.74, 6) is 0.943. The van der Waals surface area contributed by atoms with Gasteiger partial charge in [-0.3, -0.25) is 0 Å². The summed E-state index contributed by atoms with van der Waals surface area (Å²) in [5.41, 5.74) is 1.59. The molecule has 54 valence electrons. The first-order valence-electron chi connectivity index (χ1n) is 3.44. The summed E-state index contributed by atoms with van der Waals surface area (Å²) in [6, 6.07) is 0. The minimum Gasteiger partial charge on any atom is -0.412 e. The van der Waals surface area contributed by atoms with Crippen molar-refractivity contribution in [2.75, 3.05) is 0 Å². The summed E-state index contributed by atoms with van der Waals surface area (Å²) in [6.45, 7) is 4.55. The van der Waals surface area contributed by atoms with Crippen LogP contribution in [0, 0.1) is 5.92 Å². The molecule has 1 aliphatic carbocycles. The zero-order chi connectivity index (χ0) is 5.98. The Morgan fingerprint density at radius 1 is 1.56 bits per heavy atom. The van der Waals surface area contributed by atoms with Gasteiger partial charge in [-0.25, -0.2) is 0 Å². The first-order chi connectivity index (χ1) is 3.79. The second-order valence-electron chi connectivity index (χ2n) is 2.93. The van der Waals surface area contributed by atoms with E-state index in [1.807, 2.05) is 0 Å². The third-order valence-electron chi connectivity index (χ3n) is 1.90. The first kappa shape index (κ1) is 8.70. The highest BCUT2D eigenvalue weighted by atomic mass is 16.0. The topological polar surface area (TPSA) is 31.5 Å². The Hall–Kier alpha value is -0.300. The van der Waals surface area contributed by atoms with E-state index in [1.54, 1.807) is 5.57 Å². The second-order valence-corrected chi connectivity index (χ2v) is 2.93. The third kappa shape index (κ3) is 2.66. The van der Waals surface area contributed by atoms with E-state index in [-0.39, 0.29) is 5.48 Å². The maximum Gasteiger partial charge on any atom is -0.0320 e. The van der Waals surface area contributed by atoms with Gasteiger partial charge in [0, 0.05) is 0 Å². The maximum absolute atomic E-state index is 2.37. The second kappa shape index (κ2) is 3.67. The lowest BCUT2D eigenvalue weighted by Crippen LogP contribution is -1.98. The molecule has 9 heavy (non-hydrogen) atoms. The van der Waals surface area contributed by atoms with E-state index in [2.05, 4.69) is 19.9 Å². The predicted molar refractivity (Wildman–Crippen MR) is 40.4 cm³/mol. The Kier molecular flexibility index (Phi) is 3.55. The Labute approximate surface area is 57.1 Å². The van der Waals surface area contributed by atoms with E-state index < -0.39 is 0 Å². The van der Waals surface area contributed by atoms with Crippen LogP contribution in [0.25, 0.3) is 0 Å². The number of allylic oxidation sites excluding steroid dienone is 2. The molecule has 1 heteroatoms. The molecule has 0 saturated heterocycles. The summed E-state index contributed by atoms with van der Waals surface area (Å²) >= 11 is 0. The largest absolute Gasteiger partial charge is 0.412 e. The van der Waals surface area contributed by atoms with Gasteiger partial charge >= 0.3 is 0 Å². The number of hydrogen-bond donors (Lipinski definition) is 0. The summed E-state index contributed by atoms with van der Waals surface area (Å²) in [7, 11) is 0. The van der Waals surface area contributed by atoms with Crippen molar-refractivity contribution in [1.29, 1.82) is 0 Å². The molecular formula is C8H16O. The van der Waals surface area contributed by atoms with Crippen LogP contribution >= 0.6 is 0 Å². The van der Waals surface area contributed by atoms with Gasteiger partial charge in [-0.1, -0.05) is 18.6 Å². The van der Waals surface area contributed by atoms with Gasteiger partial charge in [0.25, 0.3) is 0 Å². The van der Waals surface area contributed by atoms with Gasteiger partial charge in [0.1, 0.15) is 0 Å². The van der Waals surface area contributed by atoms with E-state index in [0.717, 1.165) is 5.92 Å². The SMILES string of the molecule is CC1=CCC(C)CC1.O. The molecule has 1 nitrogen and oxygen atoms in total. The molecule has 1 aliphatic rings. The molecule has 2 N–H and O–H groups in total. The number of rotatable bonds is 0. The standard InChI is InChI=1S/C8H14.H2O/c1-7-3-5-8(2)6-4-7;/h3,8H,4-6H2,1-2H3;1H2. The van der Waals surface area contributed by atoms with Crippen molar-refractivity contribution >= 4 is 0 Å². The Bertz CT molecular complexity index is 105. The zero-order valence-corrected chi connectivity index (χ0v) is 6.28. The Morgan fingerprint density at radius 3 is 2.56 bits per heavy atom. The smallest absolute Gasteiger partial charge is 0.0320 e. The monoisotopic (exact) mass is 128 g/mol. The van der Waals surface area contributed by atoms with Gasteiger partial charge in [-0.15, -0.1) is 0 Å². The van der Waals surface area contributed by atoms with Gasteiger partial charge < -0.3 is 5.48 Å². The zero-order valence-electron chi connectivity index (χ0n) is 6.28. The molecule has 0 fully saturated rings. The van der Waals surface area contributed by atoms with Crippen molar-refractivity contribution in [1.82, 2.24) is 0 Å². The van der Waals surface area contributed by atoms with Crippen LogP contribution in [0.2, 0.25) is 0 Å². The molecule has 1 atom stereocenters. The van der Waals surface area contributed by atoms with E-state index in [4.69, 9.17) is 0 Å².